The van der Waals surface area contributed by atoms with Gasteiger partial charge in [0.25, 0.3) is 0 Å². The third-order valence-corrected chi connectivity index (χ3v) is 3.18. The number of hydrogen-bond donors (Lipinski definition) is 1. The summed E-state index contributed by atoms with van der Waals surface area (Å²) in [5, 5.41) is 8.53. The second-order valence-corrected chi connectivity index (χ2v) is 4.24. The molecule has 6 heteroatoms. The van der Waals surface area contributed by atoms with Gasteiger partial charge in [0.1, 0.15) is 6.42 Å². The number of aliphatic carboxylic acids is 1. The lowest BCUT2D eigenvalue weighted by Crippen LogP contribution is -2.51. The van der Waals surface area contributed by atoms with Gasteiger partial charge < -0.3 is 10.0 Å². The molecule has 1 aliphatic rings. The minimum Gasteiger partial charge on any atom is -0.481 e. The molecule has 1 amide bonds. The second-order valence-electron chi connectivity index (χ2n) is 4.24. The van der Waals surface area contributed by atoms with E-state index in [0.717, 1.165) is 19.5 Å². The first-order chi connectivity index (χ1) is 7.54. The fraction of sp³-hybridized carbons (Fsp3) is 0.818. The summed E-state index contributed by atoms with van der Waals surface area (Å²) in [6.45, 7) is 7.31. The molecule has 1 saturated heterocycles. The van der Waals surface area contributed by atoms with Crippen LogP contribution >= 0.6 is 12.4 Å². The topological polar surface area (TPSA) is 60.9 Å². The van der Waals surface area contributed by atoms with Crippen LogP contribution in [-0.4, -0.2) is 59.0 Å². The summed E-state index contributed by atoms with van der Waals surface area (Å²) in [6, 6.07) is 0.539. The zero-order valence-corrected chi connectivity index (χ0v) is 11.2. The van der Waals surface area contributed by atoms with E-state index in [1.54, 1.807) is 4.90 Å². The maximum atomic E-state index is 11.5. The third-order valence-electron chi connectivity index (χ3n) is 3.18. The van der Waals surface area contributed by atoms with Crippen molar-refractivity contribution in [1.29, 1.82) is 0 Å². The number of carboxylic acids is 1. The van der Waals surface area contributed by atoms with E-state index < -0.39 is 5.97 Å². The molecule has 0 bridgehead atoms. The van der Waals surface area contributed by atoms with E-state index >= 15 is 0 Å². The van der Waals surface area contributed by atoms with Crippen LogP contribution in [0.1, 0.15) is 26.7 Å². The summed E-state index contributed by atoms with van der Waals surface area (Å²) in [6.07, 6.45) is 0.715. The van der Waals surface area contributed by atoms with E-state index in [1.807, 2.05) is 0 Å². The van der Waals surface area contributed by atoms with Gasteiger partial charge >= 0.3 is 5.97 Å². The largest absolute Gasteiger partial charge is 0.481 e. The predicted octanol–water partition coefficient (Wildman–Crippen LogP) is 0.826. The van der Waals surface area contributed by atoms with Gasteiger partial charge in [-0.05, 0) is 13.3 Å². The molecule has 0 aromatic rings. The van der Waals surface area contributed by atoms with Crippen molar-refractivity contribution in [2.75, 3.05) is 26.2 Å². The lowest BCUT2D eigenvalue weighted by atomic mass is 10.2. The number of rotatable bonds is 4. The number of carbonyl (C=O) groups is 2. The van der Waals surface area contributed by atoms with E-state index in [9.17, 15) is 9.59 Å². The maximum Gasteiger partial charge on any atom is 0.312 e. The van der Waals surface area contributed by atoms with Gasteiger partial charge in [0, 0.05) is 32.2 Å². The summed E-state index contributed by atoms with van der Waals surface area (Å²) in [5.41, 5.74) is 0. The van der Waals surface area contributed by atoms with Crippen molar-refractivity contribution in [3.05, 3.63) is 0 Å². The molecular weight excluding hydrogens is 244 g/mol. The highest BCUT2D eigenvalue weighted by Gasteiger charge is 2.24. The number of amides is 1. The zero-order chi connectivity index (χ0) is 12.1. The number of piperazine rings is 1. The van der Waals surface area contributed by atoms with E-state index in [1.165, 1.54) is 0 Å². The monoisotopic (exact) mass is 264 g/mol. The van der Waals surface area contributed by atoms with Crippen LogP contribution in [0, 0.1) is 0 Å². The first kappa shape index (κ1) is 16.2. The molecule has 0 spiro atoms. The van der Waals surface area contributed by atoms with Gasteiger partial charge in [0.2, 0.25) is 5.91 Å². The van der Waals surface area contributed by atoms with Crippen molar-refractivity contribution in [3.8, 4) is 0 Å². The predicted molar refractivity (Wildman–Crippen MR) is 67.4 cm³/mol. The lowest BCUT2D eigenvalue weighted by Gasteiger charge is -2.37. The first-order valence-corrected chi connectivity index (χ1v) is 5.78. The molecule has 1 unspecified atom stereocenters. The highest BCUT2D eigenvalue weighted by atomic mass is 35.5. The average Bonchev–Trinajstić information content (AvgIpc) is 2.27. The number of nitrogens with zero attached hydrogens (tertiary/aromatic N) is 2. The Kier molecular flexibility index (Phi) is 7.15. The van der Waals surface area contributed by atoms with Crippen LogP contribution in [0.15, 0.2) is 0 Å². The number of hydrogen-bond acceptors (Lipinski definition) is 3. The average molecular weight is 265 g/mol. The van der Waals surface area contributed by atoms with Crippen molar-refractivity contribution in [2.45, 2.75) is 32.7 Å². The van der Waals surface area contributed by atoms with E-state index in [2.05, 4.69) is 18.7 Å². The fourth-order valence-corrected chi connectivity index (χ4v) is 1.91. The quantitative estimate of drug-likeness (QED) is 0.764. The molecule has 0 aliphatic carbocycles. The standard InChI is InChI=1S/C11H20N2O3.ClH/c1-3-9(2)12-4-6-13(7-5-12)10(14)8-11(15)16;/h9H,3-8H2,1-2H3,(H,15,16);1H. The summed E-state index contributed by atoms with van der Waals surface area (Å²) < 4.78 is 0. The van der Waals surface area contributed by atoms with Crippen molar-refractivity contribution in [3.63, 3.8) is 0 Å². The van der Waals surface area contributed by atoms with Gasteiger partial charge in [-0.3, -0.25) is 14.5 Å². The van der Waals surface area contributed by atoms with Crippen LogP contribution in [0.4, 0.5) is 0 Å². The Morgan fingerprint density at radius 3 is 2.18 bits per heavy atom. The highest BCUT2D eigenvalue weighted by molar-refractivity contribution is 5.93. The smallest absolute Gasteiger partial charge is 0.312 e. The summed E-state index contributed by atoms with van der Waals surface area (Å²) >= 11 is 0. The molecule has 0 radical (unpaired) electrons. The molecule has 100 valence electrons. The molecule has 1 aliphatic heterocycles. The van der Waals surface area contributed by atoms with Gasteiger partial charge in [0.05, 0.1) is 0 Å². The molecule has 1 atom stereocenters. The molecule has 0 aromatic carbocycles. The first-order valence-electron chi connectivity index (χ1n) is 5.78. The molecule has 0 aromatic heterocycles. The van der Waals surface area contributed by atoms with Gasteiger partial charge in [-0.2, -0.15) is 0 Å². The summed E-state index contributed by atoms with van der Waals surface area (Å²) in [5.74, 6) is -1.31. The van der Waals surface area contributed by atoms with Crippen molar-refractivity contribution in [1.82, 2.24) is 9.80 Å². The van der Waals surface area contributed by atoms with Crippen LogP contribution in [0.3, 0.4) is 0 Å². The van der Waals surface area contributed by atoms with Gasteiger partial charge in [0.15, 0.2) is 0 Å². The minimum absolute atomic E-state index is 0. The Morgan fingerprint density at radius 1 is 1.24 bits per heavy atom. The Hall–Kier alpha value is -0.810. The van der Waals surface area contributed by atoms with Crippen LogP contribution in [-0.2, 0) is 9.59 Å². The number of halogens is 1. The molecule has 1 fully saturated rings. The normalized spacial score (nSPS) is 18.4. The Balaban J connectivity index is 0.00000256. The Bertz CT molecular complexity index is 265. The van der Waals surface area contributed by atoms with Crippen LogP contribution in [0.5, 0.6) is 0 Å². The maximum absolute atomic E-state index is 11.5. The Morgan fingerprint density at radius 2 is 1.76 bits per heavy atom. The van der Waals surface area contributed by atoms with Gasteiger partial charge in [-0.1, -0.05) is 6.92 Å². The summed E-state index contributed by atoms with van der Waals surface area (Å²) in [7, 11) is 0. The lowest BCUT2D eigenvalue weighted by molar-refractivity contribution is -0.145. The van der Waals surface area contributed by atoms with Crippen LogP contribution in [0.2, 0.25) is 0 Å². The second kappa shape index (κ2) is 7.50. The van der Waals surface area contributed by atoms with Crippen molar-refractivity contribution < 1.29 is 14.7 Å². The molecular formula is C11H21ClN2O3. The SMILES string of the molecule is CCC(C)N1CCN(C(=O)CC(=O)O)CC1.Cl. The zero-order valence-electron chi connectivity index (χ0n) is 10.4. The van der Waals surface area contributed by atoms with Gasteiger partial charge in [-0.25, -0.2) is 0 Å². The number of carbonyl (C=O) groups excluding carboxylic acids is 1. The molecule has 1 heterocycles. The molecule has 1 rings (SSSR count). The fourth-order valence-electron chi connectivity index (χ4n) is 1.91. The highest BCUT2D eigenvalue weighted by Crippen LogP contribution is 2.09. The Labute approximate surface area is 108 Å². The van der Waals surface area contributed by atoms with Crippen molar-refractivity contribution >= 4 is 24.3 Å². The van der Waals surface area contributed by atoms with Crippen molar-refractivity contribution in [2.24, 2.45) is 0 Å². The van der Waals surface area contributed by atoms with Gasteiger partial charge in [-0.15, -0.1) is 12.4 Å². The number of carboxylic acid groups (broad SMARTS) is 1. The third kappa shape index (κ3) is 4.91. The van der Waals surface area contributed by atoms with E-state index in [-0.39, 0.29) is 24.7 Å². The summed E-state index contributed by atoms with van der Waals surface area (Å²) in [4.78, 5) is 25.9. The van der Waals surface area contributed by atoms with E-state index in [0.29, 0.717) is 19.1 Å². The molecule has 0 saturated carbocycles. The van der Waals surface area contributed by atoms with E-state index in [4.69, 9.17) is 5.11 Å². The minimum atomic E-state index is -1.05. The molecule has 17 heavy (non-hydrogen) atoms. The van der Waals surface area contributed by atoms with Crippen LogP contribution < -0.4 is 0 Å². The van der Waals surface area contributed by atoms with Crippen LogP contribution in [0.25, 0.3) is 0 Å². The molecule has 5 nitrogen and oxygen atoms in total. The molecule has 1 N–H and O–H groups in total.